The number of carbonyl (C=O) groups excluding carboxylic acids is 1. The SMILES string of the molecule is CC(C)(C)OC(=O)C1C(c2ccc(C#N)cc2)c2c(OC(C)(C)C)n[nH]c2CC1(C)O. The summed E-state index contributed by atoms with van der Waals surface area (Å²) in [4.78, 5) is 13.4. The number of aromatic nitrogens is 2. The lowest BCUT2D eigenvalue weighted by Crippen LogP contribution is -2.50. The first-order valence-corrected chi connectivity index (χ1v) is 10.4. The molecule has 2 aromatic rings. The molecule has 1 aliphatic rings. The first kappa shape index (κ1) is 22.8. The first-order valence-electron chi connectivity index (χ1n) is 10.4. The molecule has 0 aliphatic heterocycles. The lowest BCUT2D eigenvalue weighted by Gasteiger charge is -2.42. The molecule has 0 radical (unpaired) electrons. The summed E-state index contributed by atoms with van der Waals surface area (Å²) in [6.07, 6.45) is 0.208. The van der Waals surface area contributed by atoms with E-state index in [1.165, 1.54) is 0 Å². The van der Waals surface area contributed by atoms with Crippen molar-refractivity contribution in [1.29, 1.82) is 5.26 Å². The second-order valence-corrected chi connectivity index (χ2v) is 10.4. The van der Waals surface area contributed by atoms with Crippen LogP contribution in [0.15, 0.2) is 24.3 Å². The standard InChI is InChI=1S/C24H31N3O4/c1-22(2,3)30-20-18-16(26-27-20)12-24(7,29)19(21(28)31-23(4,5)6)17(18)15-10-8-14(13-25)9-11-15/h8-11,17,19,29H,12H2,1-7H3,(H,26,27). The summed E-state index contributed by atoms with van der Waals surface area (Å²) in [7, 11) is 0. The number of hydrogen-bond donors (Lipinski definition) is 2. The van der Waals surface area contributed by atoms with Gasteiger partial charge in [-0.2, -0.15) is 5.26 Å². The minimum Gasteiger partial charge on any atom is -0.471 e. The molecule has 1 aromatic carbocycles. The number of aliphatic hydroxyl groups is 1. The zero-order chi connectivity index (χ0) is 23.2. The highest BCUT2D eigenvalue weighted by molar-refractivity contribution is 5.78. The van der Waals surface area contributed by atoms with Gasteiger partial charge in [-0.05, 0) is 66.2 Å². The Hall–Kier alpha value is -2.85. The van der Waals surface area contributed by atoms with Crippen molar-refractivity contribution < 1.29 is 19.4 Å². The highest BCUT2D eigenvalue weighted by Crippen LogP contribution is 2.49. The summed E-state index contributed by atoms with van der Waals surface area (Å²) in [5.74, 6) is -1.52. The van der Waals surface area contributed by atoms with Gasteiger partial charge >= 0.3 is 5.97 Å². The second-order valence-electron chi connectivity index (χ2n) is 10.4. The van der Waals surface area contributed by atoms with Gasteiger partial charge in [0, 0.05) is 23.6 Å². The first-order chi connectivity index (χ1) is 14.2. The largest absolute Gasteiger partial charge is 0.471 e. The van der Waals surface area contributed by atoms with Crippen molar-refractivity contribution in [3.05, 3.63) is 46.6 Å². The maximum Gasteiger partial charge on any atom is 0.313 e. The quantitative estimate of drug-likeness (QED) is 0.723. The summed E-state index contributed by atoms with van der Waals surface area (Å²) in [5.41, 5.74) is 0.165. The molecule has 31 heavy (non-hydrogen) atoms. The number of nitriles is 1. The number of rotatable bonds is 3. The topological polar surface area (TPSA) is 108 Å². The van der Waals surface area contributed by atoms with E-state index >= 15 is 0 Å². The summed E-state index contributed by atoms with van der Waals surface area (Å²) in [6.45, 7) is 12.8. The van der Waals surface area contributed by atoms with Crippen molar-refractivity contribution in [3.8, 4) is 11.9 Å². The van der Waals surface area contributed by atoms with Crippen LogP contribution in [-0.2, 0) is 16.0 Å². The molecule has 0 bridgehead atoms. The average molecular weight is 426 g/mol. The lowest BCUT2D eigenvalue weighted by molar-refractivity contribution is -0.171. The van der Waals surface area contributed by atoms with Gasteiger partial charge in [-0.15, -0.1) is 5.10 Å². The van der Waals surface area contributed by atoms with Gasteiger partial charge in [0.25, 0.3) is 0 Å². The van der Waals surface area contributed by atoms with Crippen LogP contribution in [-0.4, -0.2) is 38.1 Å². The number of carbonyl (C=O) groups is 1. The van der Waals surface area contributed by atoms with Crippen LogP contribution >= 0.6 is 0 Å². The molecule has 2 N–H and O–H groups in total. The molecule has 1 heterocycles. The Bertz CT molecular complexity index is 1000. The molecule has 1 aliphatic carbocycles. The Balaban J connectivity index is 2.20. The van der Waals surface area contributed by atoms with E-state index in [9.17, 15) is 15.2 Å². The van der Waals surface area contributed by atoms with Gasteiger partial charge in [0.2, 0.25) is 5.88 Å². The van der Waals surface area contributed by atoms with E-state index in [0.717, 1.165) is 16.8 Å². The third-order valence-electron chi connectivity index (χ3n) is 5.16. The van der Waals surface area contributed by atoms with E-state index < -0.39 is 34.6 Å². The Labute approximate surface area is 183 Å². The lowest BCUT2D eigenvalue weighted by atomic mass is 9.66. The third kappa shape index (κ3) is 4.91. The molecule has 0 saturated heterocycles. The Morgan fingerprint density at radius 1 is 1.19 bits per heavy atom. The number of benzene rings is 1. The van der Waals surface area contributed by atoms with Crippen molar-refractivity contribution in [1.82, 2.24) is 10.2 Å². The molecule has 3 unspecified atom stereocenters. The highest BCUT2D eigenvalue weighted by atomic mass is 16.6. The summed E-state index contributed by atoms with van der Waals surface area (Å²) >= 11 is 0. The van der Waals surface area contributed by atoms with Crippen molar-refractivity contribution in [2.75, 3.05) is 0 Å². The van der Waals surface area contributed by atoms with E-state index in [4.69, 9.17) is 9.47 Å². The van der Waals surface area contributed by atoms with Crippen LogP contribution in [0.4, 0.5) is 0 Å². The highest BCUT2D eigenvalue weighted by Gasteiger charge is 2.52. The fourth-order valence-electron chi connectivity index (χ4n) is 4.06. The number of nitrogens with one attached hydrogen (secondary N) is 1. The maximum atomic E-state index is 13.4. The van der Waals surface area contributed by atoms with E-state index in [-0.39, 0.29) is 6.42 Å². The van der Waals surface area contributed by atoms with E-state index in [0.29, 0.717) is 11.4 Å². The monoisotopic (exact) mass is 425 g/mol. The minimum absolute atomic E-state index is 0.208. The number of esters is 1. The van der Waals surface area contributed by atoms with Crippen molar-refractivity contribution >= 4 is 5.97 Å². The number of H-pyrrole nitrogens is 1. The fourth-order valence-corrected chi connectivity index (χ4v) is 4.06. The molecule has 0 amide bonds. The zero-order valence-electron chi connectivity index (χ0n) is 19.2. The molecular formula is C24H31N3O4. The second kappa shape index (κ2) is 7.69. The van der Waals surface area contributed by atoms with Gasteiger partial charge in [-0.25, -0.2) is 0 Å². The van der Waals surface area contributed by atoms with Gasteiger partial charge < -0.3 is 14.6 Å². The Morgan fingerprint density at radius 2 is 1.81 bits per heavy atom. The molecule has 166 valence electrons. The maximum absolute atomic E-state index is 13.4. The van der Waals surface area contributed by atoms with Gasteiger partial charge in [-0.1, -0.05) is 12.1 Å². The number of fused-ring (bicyclic) bond motifs is 1. The molecule has 0 spiro atoms. The van der Waals surface area contributed by atoms with Gasteiger partial charge in [0.15, 0.2) is 0 Å². The minimum atomic E-state index is -1.38. The van der Waals surface area contributed by atoms with Gasteiger partial charge in [-0.3, -0.25) is 9.89 Å². The summed E-state index contributed by atoms with van der Waals surface area (Å²) in [5, 5.41) is 27.9. The van der Waals surface area contributed by atoms with Crippen LogP contribution in [0.1, 0.15) is 76.8 Å². The molecule has 7 heteroatoms. The molecule has 3 atom stereocenters. The van der Waals surface area contributed by atoms with Crippen LogP contribution in [0.25, 0.3) is 0 Å². The van der Waals surface area contributed by atoms with E-state index in [1.54, 1.807) is 52.0 Å². The van der Waals surface area contributed by atoms with Crippen LogP contribution in [0.2, 0.25) is 0 Å². The van der Waals surface area contributed by atoms with Crippen molar-refractivity contribution in [2.45, 2.75) is 77.6 Å². The molecule has 7 nitrogen and oxygen atoms in total. The Kier molecular flexibility index (Phi) is 5.66. The number of nitrogens with zero attached hydrogens (tertiary/aromatic N) is 2. The molecule has 0 saturated carbocycles. The fraction of sp³-hybridized carbons (Fsp3) is 0.542. The van der Waals surface area contributed by atoms with Gasteiger partial charge in [0.05, 0.1) is 23.2 Å². The van der Waals surface area contributed by atoms with Crippen LogP contribution in [0.5, 0.6) is 5.88 Å². The Morgan fingerprint density at radius 3 is 2.32 bits per heavy atom. The van der Waals surface area contributed by atoms with E-state index in [2.05, 4.69) is 16.3 Å². The predicted molar refractivity (Wildman–Crippen MR) is 116 cm³/mol. The van der Waals surface area contributed by atoms with Crippen molar-refractivity contribution in [2.24, 2.45) is 5.92 Å². The van der Waals surface area contributed by atoms with Crippen molar-refractivity contribution in [3.63, 3.8) is 0 Å². The normalized spacial score (nSPS) is 23.6. The summed E-state index contributed by atoms with van der Waals surface area (Å²) < 4.78 is 11.8. The van der Waals surface area contributed by atoms with Crippen LogP contribution < -0.4 is 4.74 Å². The number of aromatic amines is 1. The van der Waals surface area contributed by atoms with Crippen LogP contribution in [0.3, 0.4) is 0 Å². The summed E-state index contributed by atoms with van der Waals surface area (Å²) in [6, 6.07) is 9.13. The van der Waals surface area contributed by atoms with E-state index in [1.807, 2.05) is 20.8 Å². The predicted octanol–water partition coefficient (Wildman–Crippen LogP) is 3.86. The third-order valence-corrected chi connectivity index (χ3v) is 5.16. The molecular weight excluding hydrogens is 394 g/mol. The number of ether oxygens (including phenoxy) is 2. The molecule has 3 rings (SSSR count). The number of hydrogen-bond acceptors (Lipinski definition) is 6. The molecule has 1 aromatic heterocycles. The average Bonchev–Trinajstić information content (AvgIpc) is 2.98. The van der Waals surface area contributed by atoms with Gasteiger partial charge in [0.1, 0.15) is 11.2 Å². The van der Waals surface area contributed by atoms with Crippen LogP contribution in [0, 0.1) is 17.2 Å². The molecule has 0 fully saturated rings. The zero-order valence-corrected chi connectivity index (χ0v) is 19.2. The smallest absolute Gasteiger partial charge is 0.313 e.